The van der Waals surface area contributed by atoms with Gasteiger partial charge in [-0.15, -0.1) is 0 Å². The van der Waals surface area contributed by atoms with Gasteiger partial charge in [-0.25, -0.2) is 15.0 Å². The van der Waals surface area contributed by atoms with Gasteiger partial charge in [-0.1, -0.05) is 206 Å². The third-order valence-electron chi connectivity index (χ3n) is 14.7. The Bertz CT molecular complexity index is 4500. The van der Waals surface area contributed by atoms with E-state index in [4.69, 9.17) is 23.8 Å². The zero-order chi connectivity index (χ0) is 49.4. The van der Waals surface area contributed by atoms with Gasteiger partial charge < -0.3 is 13.4 Å². The van der Waals surface area contributed by atoms with E-state index in [0.717, 1.165) is 133 Å². The van der Waals surface area contributed by atoms with Gasteiger partial charge in [0.05, 0.1) is 22.1 Å². The van der Waals surface area contributed by atoms with Gasteiger partial charge in [-0.3, -0.25) is 0 Å². The minimum Gasteiger partial charge on any atom is -0.456 e. The van der Waals surface area contributed by atoms with Crippen molar-refractivity contribution in [2.45, 2.75) is 0 Å². The van der Waals surface area contributed by atoms with Gasteiger partial charge >= 0.3 is 0 Å². The van der Waals surface area contributed by atoms with E-state index in [9.17, 15) is 0 Å². The van der Waals surface area contributed by atoms with Crippen LogP contribution < -0.4 is 0 Å². The maximum absolute atomic E-state index is 7.03. The molecule has 0 aliphatic heterocycles. The maximum atomic E-state index is 7.03. The van der Waals surface area contributed by atoms with Crippen LogP contribution in [0.25, 0.3) is 150 Å². The Morgan fingerprint density at radius 3 is 1.25 bits per heavy atom. The molecular formula is C69H42N4O2. The van der Waals surface area contributed by atoms with Crippen molar-refractivity contribution >= 4 is 65.7 Å². The van der Waals surface area contributed by atoms with Crippen molar-refractivity contribution in [1.82, 2.24) is 19.5 Å². The number of benzene rings is 11. The maximum Gasteiger partial charge on any atom is 0.164 e. The van der Waals surface area contributed by atoms with Crippen molar-refractivity contribution in [3.05, 3.63) is 255 Å². The van der Waals surface area contributed by atoms with Gasteiger partial charge in [0, 0.05) is 54.7 Å². The first kappa shape index (κ1) is 42.5. The molecule has 15 aromatic rings. The summed E-state index contributed by atoms with van der Waals surface area (Å²) < 4.78 is 15.8. The molecule has 6 nitrogen and oxygen atoms in total. The number of rotatable bonds is 8. The van der Waals surface area contributed by atoms with E-state index in [0.29, 0.717) is 17.5 Å². The second-order valence-electron chi connectivity index (χ2n) is 19.1. The van der Waals surface area contributed by atoms with E-state index in [1.807, 2.05) is 24.3 Å². The Labute approximate surface area is 431 Å². The molecule has 0 bridgehead atoms. The zero-order valence-electron chi connectivity index (χ0n) is 40.4. The van der Waals surface area contributed by atoms with Crippen molar-refractivity contribution in [3.63, 3.8) is 0 Å². The van der Waals surface area contributed by atoms with Gasteiger partial charge in [-0.05, 0) is 81.9 Å². The summed E-state index contributed by atoms with van der Waals surface area (Å²) in [5.74, 6) is 1.75. The molecule has 0 saturated heterocycles. The molecule has 15 rings (SSSR count). The average molecular weight is 959 g/mol. The first-order valence-corrected chi connectivity index (χ1v) is 25.2. The predicted octanol–water partition coefficient (Wildman–Crippen LogP) is 18.4. The summed E-state index contributed by atoms with van der Waals surface area (Å²) in [5.41, 5.74) is 17.8. The summed E-state index contributed by atoms with van der Waals surface area (Å²) in [6, 6.07) is 89.3. The van der Waals surface area contributed by atoms with E-state index in [2.05, 4.69) is 235 Å². The van der Waals surface area contributed by atoms with Gasteiger partial charge in [0.15, 0.2) is 17.5 Å². The number of hydrogen-bond acceptors (Lipinski definition) is 5. The molecule has 4 heterocycles. The fraction of sp³-hybridized carbons (Fsp3) is 0. The van der Waals surface area contributed by atoms with E-state index >= 15 is 0 Å². The molecule has 0 spiro atoms. The number of furan rings is 2. The minimum absolute atomic E-state index is 0.569. The van der Waals surface area contributed by atoms with Crippen molar-refractivity contribution in [2.24, 2.45) is 0 Å². The van der Waals surface area contributed by atoms with Crippen molar-refractivity contribution in [1.29, 1.82) is 0 Å². The topological polar surface area (TPSA) is 69.9 Å². The van der Waals surface area contributed by atoms with Crippen molar-refractivity contribution in [3.8, 4) is 84.4 Å². The molecule has 350 valence electrons. The molecule has 0 radical (unpaired) electrons. The molecule has 75 heavy (non-hydrogen) atoms. The molecule has 0 unspecified atom stereocenters. The van der Waals surface area contributed by atoms with Gasteiger partial charge in [0.1, 0.15) is 22.3 Å². The van der Waals surface area contributed by atoms with Crippen molar-refractivity contribution < 1.29 is 8.83 Å². The highest BCUT2D eigenvalue weighted by Crippen LogP contribution is 2.47. The Morgan fingerprint density at radius 1 is 0.267 bits per heavy atom. The SMILES string of the molecule is c1ccc(-c2ccc(-c3nc(-c4ccc(-c5ccccc5)cc4)nc(-c4cc(-c5ccccc5)c(-n5c6ccccc6c6c7oc8cc9c(cc8c7ccc65)oc5ccccc59)c(-c5ccccc5)c4)n3)cc2)cc1. The van der Waals surface area contributed by atoms with Crippen LogP contribution in [-0.2, 0) is 0 Å². The number of fused-ring (bicyclic) bond motifs is 10. The fourth-order valence-electron chi connectivity index (χ4n) is 11.1. The van der Waals surface area contributed by atoms with E-state index in [1.54, 1.807) is 0 Å². The summed E-state index contributed by atoms with van der Waals surface area (Å²) in [5, 5.41) is 6.31. The Kier molecular flexibility index (Phi) is 9.78. The lowest BCUT2D eigenvalue weighted by Gasteiger charge is -2.21. The van der Waals surface area contributed by atoms with Crippen LogP contribution in [-0.4, -0.2) is 19.5 Å². The van der Waals surface area contributed by atoms with Crippen molar-refractivity contribution in [2.75, 3.05) is 0 Å². The average Bonchev–Trinajstić information content (AvgIpc) is 4.19. The third kappa shape index (κ3) is 7.14. The molecule has 0 atom stereocenters. The number of para-hydroxylation sites is 2. The zero-order valence-corrected chi connectivity index (χ0v) is 40.4. The lowest BCUT2D eigenvalue weighted by Crippen LogP contribution is -2.04. The summed E-state index contributed by atoms with van der Waals surface area (Å²) >= 11 is 0. The van der Waals surface area contributed by atoms with Crippen LogP contribution in [0.3, 0.4) is 0 Å². The molecular weight excluding hydrogens is 917 g/mol. The molecule has 0 N–H and O–H groups in total. The Morgan fingerprint density at radius 2 is 0.693 bits per heavy atom. The molecule has 4 aromatic heterocycles. The van der Waals surface area contributed by atoms with E-state index in [1.165, 1.54) is 0 Å². The lowest BCUT2D eigenvalue weighted by atomic mass is 9.92. The highest BCUT2D eigenvalue weighted by atomic mass is 16.3. The quantitative estimate of drug-likeness (QED) is 0.152. The van der Waals surface area contributed by atoms with Gasteiger partial charge in [-0.2, -0.15) is 0 Å². The smallest absolute Gasteiger partial charge is 0.164 e. The van der Waals surface area contributed by atoms with Crippen LogP contribution in [0.15, 0.2) is 264 Å². The first-order valence-electron chi connectivity index (χ1n) is 25.2. The molecule has 0 saturated carbocycles. The predicted molar refractivity (Wildman–Crippen MR) is 307 cm³/mol. The summed E-state index contributed by atoms with van der Waals surface area (Å²) in [4.78, 5) is 16.0. The molecule has 0 aliphatic rings. The second kappa shape index (κ2) is 17.3. The number of aromatic nitrogens is 4. The number of hydrogen-bond donors (Lipinski definition) is 0. The van der Waals surface area contributed by atoms with E-state index in [-0.39, 0.29) is 0 Å². The summed E-state index contributed by atoms with van der Waals surface area (Å²) in [6.45, 7) is 0. The molecule has 0 aliphatic carbocycles. The minimum atomic E-state index is 0.569. The monoisotopic (exact) mass is 958 g/mol. The standard InChI is InChI=1S/C69H42N4O2/c1-5-17-43(18-6-1)45-29-33-49(34-30-45)67-70-68(50-35-31-46(32-36-50)44-19-7-2-8-20-44)72-69(71-67)51-39-55(47-21-9-3-10-22-47)65(56(40-51)48-23-11-4-12-24-48)73-59-27-15-13-26-54(59)64-60(73)38-37-53-58-42-62-57(41-63(58)75-66(53)64)52-25-14-16-28-61(52)74-62/h1-42H. The van der Waals surface area contributed by atoms with Crippen LogP contribution >= 0.6 is 0 Å². The Balaban J connectivity index is 0.976. The Hall–Kier alpha value is -10.2. The molecule has 0 fully saturated rings. The largest absolute Gasteiger partial charge is 0.456 e. The second-order valence-corrected chi connectivity index (χ2v) is 19.1. The van der Waals surface area contributed by atoms with Crippen LogP contribution in [0.1, 0.15) is 0 Å². The van der Waals surface area contributed by atoms with Gasteiger partial charge in [0.25, 0.3) is 0 Å². The molecule has 11 aromatic carbocycles. The summed E-state index contributed by atoms with van der Waals surface area (Å²) in [6.07, 6.45) is 0. The molecule has 0 amide bonds. The lowest BCUT2D eigenvalue weighted by molar-refractivity contribution is 0.665. The fourth-order valence-corrected chi connectivity index (χ4v) is 11.1. The van der Waals surface area contributed by atoms with Crippen LogP contribution in [0.4, 0.5) is 0 Å². The van der Waals surface area contributed by atoms with Crippen LogP contribution in [0, 0.1) is 0 Å². The highest BCUT2D eigenvalue weighted by Gasteiger charge is 2.26. The van der Waals surface area contributed by atoms with E-state index < -0.39 is 0 Å². The van der Waals surface area contributed by atoms with Crippen LogP contribution in [0.5, 0.6) is 0 Å². The molecule has 6 heteroatoms. The number of nitrogens with zero attached hydrogens (tertiary/aromatic N) is 4. The first-order chi connectivity index (χ1) is 37.2. The van der Waals surface area contributed by atoms with Gasteiger partial charge in [0.2, 0.25) is 0 Å². The summed E-state index contributed by atoms with van der Waals surface area (Å²) in [7, 11) is 0. The normalized spacial score (nSPS) is 11.7. The van der Waals surface area contributed by atoms with Crippen LogP contribution in [0.2, 0.25) is 0 Å². The highest BCUT2D eigenvalue weighted by molar-refractivity contribution is 6.25. The third-order valence-corrected chi connectivity index (χ3v) is 14.7.